The van der Waals surface area contributed by atoms with E-state index in [4.69, 9.17) is 17.4 Å². The summed E-state index contributed by atoms with van der Waals surface area (Å²) in [6.07, 6.45) is 0. The van der Waals surface area contributed by atoms with Gasteiger partial charge in [0.2, 0.25) is 10.0 Å². The molecule has 0 aliphatic carbocycles. The first-order chi connectivity index (χ1) is 8.81. The van der Waals surface area contributed by atoms with E-state index >= 15 is 0 Å². The lowest BCUT2D eigenvalue weighted by molar-refractivity contribution is -0.119. The average molecular weight is 310 g/mol. The molecule has 0 aliphatic rings. The standard InChI is InChI=1S/C10H13ClFN3O3S/c1-2-19(17,18)15(6-10(16)14-13)9-4-3-7(11)5-8(9)12/h3-5H,2,6,13H2,1H3,(H,14,16). The molecular weight excluding hydrogens is 297 g/mol. The van der Waals surface area contributed by atoms with E-state index in [2.05, 4.69) is 0 Å². The Hall–Kier alpha value is -1.38. The fraction of sp³-hybridized carbons (Fsp3) is 0.300. The van der Waals surface area contributed by atoms with E-state index in [1.54, 1.807) is 5.43 Å². The third-order valence-electron chi connectivity index (χ3n) is 2.33. The first-order valence-electron chi connectivity index (χ1n) is 5.26. The Bertz CT molecular complexity index is 579. The van der Waals surface area contributed by atoms with Crippen molar-refractivity contribution in [2.75, 3.05) is 16.6 Å². The highest BCUT2D eigenvalue weighted by atomic mass is 35.5. The number of nitrogens with zero attached hydrogens (tertiary/aromatic N) is 1. The van der Waals surface area contributed by atoms with Gasteiger partial charge in [-0.2, -0.15) is 0 Å². The molecule has 0 aromatic heterocycles. The van der Waals surface area contributed by atoms with Crippen LogP contribution in [-0.2, 0) is 14.8 Å². The van der Waals surface area contributed by atoms with E-state index < -0.39 is 28.3 Å². The van der Waals surface area contributed by atoms with Crippen molar-refractivity contribution in [2.24, 2.45) is 5.84 Å². The SMILES string of the molecule is CCS(=O)(=O)N(CC(=O)NN)c1ccc(Cl)cc1F. The number of hydrogen-bond donors (Lipinski definition) is 2. The van der Waals surface area contributed by atoms with Crippen LogP contribution in [0.3, 0.4) is 0 Å². The molecule has 0 saturated carbocycles. The normalized spacial score (nSPS) is 11.2. The monoisotopic (exact) mass is 309 g/mol. The van der Waals surface area contributed by atoms with Gasteiger partial charge in [0.1, 0.15) is 12.4 Å². The number of nitrogens with one attached hydrogen (secondary N) is 1. The Morgan fingerprint density at radius 1 is 1.53 bits per heavy atom. The highest BCUT2D eigenvalue weighted by molar-refractivity contribution is 7.92. The molecule has 1 aromatic rings. The molecule has 6 nitrogen and oxygen atoms in total. The van der Waals surface area contributed by atoms with Crippen LogP contribution in [0.2, 0.25) is 5.02 Å². The number of anilines is 1. The van der Waals surface area contributed by atoms with Crippen molar-refractivity contribution in [2.45, 2.75) is 6.92 Å². The van der Waals surface area contributed by atoms with Crippen LogP contribution in [0.15, 0.2) is 18.2 Å². The predicted molar refractivity (Wildman–Crippen MR) is 70.5 cm³/mol. The van der Waals surface area contributed by atoms with Crippen molar-refractivity contribution in [3.05, 3.63) is 29.0 Å². The van der Waals surface area contributed by atoms with Gasteiger partial charge in [-0.3, -0.25) is 14.5 Å². The number of carbonyl (C=O) groups is 1. The topological polar surface area (TPSA) is 92.5 Å². The highest BCUT2D eigenvalue weighted by Gasteiger charge is 2.25. The zero-order valence-corrected chi connectivity index (χ0v) is 11.6. The van der Waals surface area contributed by atoms with Crippen molar-refractivity contribution >= 4 is 33.2 Å². The van der Waals surface area contributed by atoms with Gasteiger partial charge in [-0.05, 0) is 25.1 Å². The minimum absolute atomic E-state index is 0.123. The van der Waals surface area contributed by atoms with Gasteiger partial charge in [0, 0.05) is 5.02 Å². The summed E-state index contributed by atoms with van der Waals surface area (Å²) in [5, 5.41) is 0.123. The van der Waals surface area contributed by atoms with E-state index in [1.165, 1.54) is 19.1 Å². The molecule has 19 heavy (non-hydrogen) atoms. The fourth-order valence-electron chi connectivity index (χ4n) is 1.35. The first-order valence-corrected chi connectivity index (χ1v) is 7.25. The van der Waals surface area contributed by atoms with E-state index in [9.17, 15) is 17.6 Å². The van der Waals surface area contributed by atoms with Crippen LogP contribution >= 0.6 is 11.6 Å². The van der Waals surface area contributed by atoms with Gasteiger partial charge in [-0.25, -0.2) is 18.7 Å². The Morgan fingerprint density at radius 2 is 2.16 bits per heavy atom. The second-order valence-electron chi connectivity index (χ2n) is 3.57. The molecule has 0 spiro atoms. The zero-order valence-electron chi connectivity index (χ0n) is 10.1. The van der Waals surface area contributed by atoms with Crippen LogP contribution in [-0.4, -0.2) is 26.6 Å². The van der Waals surface area contributed by atoms with Gasteiger partial charge in [0.05, 0.1) is 11.4 Å². The van der Waals surface area contributed by atoms with Crippen molar-refractivity contribution < 1.29 is 17.6 Å². The van der Waals surface area contributed by atoms with Gasteiger partial charge in [0.25, 0.3) is 5.91 Å². The van der Waals surface area contributed by atoms with Gasteiger partial charge < -0.3 is 0 Å². The molecule has 3 N–H and O–H groups in total. The van der Waals surface area contributed by atoms with Gasteiger partial charge in [-0.15, -0.1) is 0 Å². The molecule has 1 amide bonds. The zero-order chi connectivity index (χ0) is 14.6. The lowest BCUT2D eigenvalue weighted by Crippen LogP contribution is -2.44. The van der Waals surface area contributed by atoms with Crippen molar-refractivity contribution in [1.82, 2.24) is 5.43 Å². The maximum atomic E-state index is 13.8. The van der Waals surface area contributed by atoms with Crippen molar-refractivity contribution in [3.63, 3.8) is 0 Å². The van der Waals surface area contributed by atoms with E-state index in [-0.39, 0.29) is 16.5 Å². The maximum Gasteiger partial charge on any atom is 0.254 e. The summed E-state index contributed by atoms with van der Waals surface area (Å²) in [5.41, 5.74) is 1.54. The summed E-state index contributed by atoms with van der Waals surface area (Å²) in [5.74, 6) is 3.03. The van der Waals surface area contributed by atoms with Crippen LogP contribution in [0.1, 0.15) is 6.92 Å². The van der Waals surface area contributed by atoms with Crippen LogP contribution in [0, 0.1) is 5.82 Å². The van der Waals surface area contributed by atoms with Crippen LogP contribution < -0.4 is 15.6 Å². The summed E-state index contributed by atoms with van der Waals surface area (Å²) >= 11 is 5.60. The third kappa shape index (κ3) is 3.79. The van der Waals surface area contributed by atoms with E-state index in [1.807, 2.05) is 0 Å². The second kappa shape index (κ2) is 6.18. The molecule has 0 atom stereocenters. The van der Waals surface area contributed by atoms with E-state index in [0.29, 0.717) is 4.31 Å². The number of rotatable bonds is 5. The molecule has 1 aromatic carbocycles. The molecule has 0 unspecified atom stereocenters. The molecule has 0 bridgehead atoms. The molecule has 0 heterocycles. The number of sulfonamides is 1. The molecular formula is C10H13ClFN3O3S. The second-order valence-corrected chi connectivity index (χ2v) is 6.19. The minimum Gasteiger partial charge on any atom is -0.293 e. The summed E-state index contributed by atoms with van der Waals surface area (Å²) in [6, 6.07) is 3.49. The number of halogens is 2. The molecule has 0 radical (unpaired) electrons. The molecule has 9 heteroatoms. The lowest BCUT2D eigenvalue weighted by atomic mass is 10.3. The number of nitrogens with two attached hydrogens (primary N) is 1. The summed E-state index contributed by atoms with van der Waals surface area (Å²) in [7, 11) is -3.82. The Labute approximate surface area is 115 Å². The van der Waals surface area contributed by atoms with Crippen molar-refractivity contribution in [3.8, 4) is 0 Å². The molecule has 106 valence electrons. The van der Waals surface area contributed by atoms with Gasteiger partial charge >= 0.3 is 0 Å². The molecule has 0 fully saturated rings. The molecule has 0 saturated heterocycles. The maximum absolute atomic E-state index is 13.8. The highest BCUT2D eigenvalue weighted by Crippen LogP contribution is 2.25. The largest absolute Gasteiger partial charge is 0.293 e. The average Bonchev–Trinajstić information content (AvgIpc) is 2.36. The predicted octanol–water partition coefficient (Wildman–Crippen LogP) is 0.625. The Kier molecular flexibility index (Phi) is 5.10. The summed E-state index contributed by atoms with van der Waals surface area (Å²) < 4.78 is 38.2. The van der Waals surface area contributed by atoms with Crippen LogP contribution in [0.4, 0.5) is 10.1 Å². The van der Waals surface area contributed by atoms with Crippen LogP contribution in [0.5, 0.6) is 0 Å². The third-order valence-corrected chi connectivity index (χ3v) is 4.29. The fourth-order valence-corrected chi connectivity index (χ4v) is 2.58. The Morgan fingerprint density at radius 3 is 2.63 bits per heavy atom. The van der Waals surface area contributed by atoms with Crippen LogP contribution in [0.25, 0.3) is 0 Å². The summed E-state index contributed by atoms with van der Waals surface area (Å²) in [4.78, 5) is 11.2. The smallest absolute Gasteiger partial charge is 0.254 e. The number of carbonyl (C=O) groups excluding carboxylic acids is 1. The van der Waals surface area contributed by atoms with Gasteiger partial charge in [0.15, 0.2) is 0 Å². The molecule has 1 rings (SSSR count). The minimum atomic E-state index is -3.82. The number of benzene rings is 1. The van der Waals surface area contributed by atoms with E-state index in [0.717, 1.165) is 6.07 Å². The number of hydrazine groups is 1. The summed E-state index contributed by atoms with van der Waals surface area (Å²) in [6.45, 7) is 0.779. The van der Waals surface area contributed by atoms with Gasteiger partial charge in [-0.1, -0.05) is 11.6 Å². The van der Waals surface area contributed by atoms with Crippen molar-refractivity contribution in [1.29, 1.82) is 0 Å². The number of amides is 1. The lowest BCUT2D eigenvalue weighted by Gasteiger charge is -2.23. The number of hydrogen-bond acceptors (Lipinski definition) is 4. The Balaban J connectivity index is 3.27. The quantitative estimate of drug-likeness (QED) is 0.474. The first kappa shape index (κ1) is 15.7. The molecule has 0 aliphatic heterocycles.